The molecular formula is C31H46N6O3. The predicted molar refractivity (Wildman–Crippen MR) is 159 cm³/mol. The summed E-state index contributed by atoms with van der Waals surface area (Å²) in [6.07, 6.45) is 6.24. The number of nitrogens with one attached hydrogen (secondary N) is 2. The average Bonchev–Trinajstić information content (AvgIpc) is 2.99. The number of carbonyl (C=O) groups is 1. The molecule has 2 saturated heterocycles. The lowest BCUT2D eigenvalue weighted by Crippen LogP contribution is -2.47. The van der Waals surface area contributed by atoms with Gasteiger partial charge in [-0.25, -0.2) is 14.8 Å². The lowest BCUT2D eigenvalue weighted by molar-refractivity contribution is 0.0284. The quantitative estimate of drug-likeness (QED) is 0.431. The summed E-state index contributed by atoms with van der Waals surface area (Å²) < 4.78 is 11.4. The van der Waals surface area contributed by atoms with Crippen LogP contribution in [0.25, 0.3) is 11.4 Å². The van der Waals surface area contributed by atoms with Gasteiger partial charge in [0.25, 0.3) is 0 Å². The molecule has 1 aromatic heterocycles. The van der Waals surface area contributed by atoms with Crippen LogP contribution in [0.2, 0.25) is 0 Å². The second-order valence-electron chi connectivity index (χ2n) is 11.7. The molecule has 4 heterocycles. The molecule has 2 amide bonds. The van der Waals surface area contributed by atoms with Gasteiger partial charge in [0.1, 0.15) is 5.82 Å². The van der Waals surface area contributed by atoms with Gasteiger partial charge in [-0.2, -0.15) is 0 Å². The smallest absolute Gasteiger partial charge is 0.319 e. The van der Waals surface area contributed by atoms with Crippen molar-refractivity contribution in [3.8, 4) is 11.4 Å². The van der Waals surface area contributed by atoms with Crippen LogP contribution in [0.1, 0.15) is 64.1 Å². The van der Waals surface area contributed by atoms with E-state index >= 15 is 0 Å². The first kappa shape index (κ1) is 28.8. The van der Waals surface area contributed by atoms with Gasteiger partial charge in [0, 0.05) is 62.2 Å². The van der Waals surface area contributed by atoms with Gasteiger partial charge in [-0.05, 0) is 68.7 Å². The van der Waals surface area contributed by atoms with Gasteiger partial charge in [0.15, 0.2) is 5.82 Å². The van der Waals surface area contributed by atoms with Crippen LogP contribution < -0.4 is 15.5 Å². The fourth-order valence-corrected chi connectivity index (χ4v) is 6.02. The highest BCUT2D eigenvalue weighted by Crippen LogP contribution is 2.33. The second kappa shape index (κ2) is 13.7. The van der Waals surface area contributed by atoms with Gasteiger partial charge in [-0.15, -0.1) is 0 Å². The summed E-state index contributed by atoms with van der Waals surface area (Å²) in [4.78, 5) is 27.7. The number of rotatable bonds is 9. The minimum absolute atomic E-state index is 0.171. The lowest BCUT2D eigenvalue weighted by atomic mass is 9.98. The van der Waals surface area contributed by atoms with Gasteiger partial charge in [0.2, 0.25) is 0 Å². The monoisotopic (exact) mass is 550 g/mol. The van der Waals surface area contributed by atoms with Gasteiger partial charge in [-0.3, -0.25) is 4.90 Å². The molecule has 2 aromatic rings. The number of morpholine rings is 1. The van der Waals surface area contributed by atoms with Crippen LogP contribution in [-0.2, 0) is 22.4 Å². The first-order valence-corrected chi connectivity index (χ1v) is 15.2. The Morgan fingerprint density at radius 2 is 1.88 bits per heavy atom. The van der Waals surface area contributed by atoms with Crippen molar-refractivity contribution >= 4 is 17.5 Å². The molecule has 5 rings (SSSR count). The van der Waals surface area contributed by atoms with Crippen LogP contribution in [0.15, 0.2) is 24.3 Å². The molecule has 0 radical (unpaired) electrons. The highest BCUT2D eigenvalue weighted by atomic mass is 16.5. The van der Waals surface area contributed by atoms with Crippen molar-refractivity contribution < 1.29 is 14.3 Å². The van der Waals surface area contributed by atoms with E-state index in [4.69, 9.17) is 19.4 Å². The maximum Gasteiger partial charge on any atom is 0.319 e. The Bertz CT molecular complexity index is 1120. The molecule has 3 aliphatic rings. The summed E-state index contributed by atoms with van der Waals surface area (Å²) in [5.74, 6) is 2.46. The minimum Gasteiger partial charge on any atom is -0.381 e. The SMILES string of the molecule is CCC1COCCN1c1nc(-c2ccc(NC(=O)NCCCC(C)C)cc2)nc2c1CCN(C1CCOCC1)C2. The first-order valence-electron chi connectivity index (χ1n) is 15.2. The van der Waals surface area contributed by atoms with E-state index in [2.05, 4.69) is 41.2 Å². The molecule has 0 bridgehead atoms. The number of hydrogen-bond donors (Lipinski definition) is 2. The third kappa shape index (κ3) is 7.11. The molecule has 1 aromatic carbocycles. The Labute approximate surface area is 239 Å². The van der Waals surface area contributed by atoms with E-state index in [1.165, 1.54) is 5.56 Å². The topological polar surface area (TPSA) is 91.8 Å². The Balaban J connectivity index is 1.36. The molecule has 3 aliphatic heterocycles. The van der Waals surface area contributed by atoms with E-state index in [0.717, 1.165) is 113 Å². The van der Waals surface area contributed by atoms with Gasteiger partial charge >= 0.3 is 6.03 Å². The normalized spacial score (nSPS) is 20.4. The van der Waals surface area contributed by atoms with Crippen LogP contribution in [0.3, 0.4) is 0 Å². The van der Waals surface area contributed by atoms with Gasteiger partial charge in [0.05, 0.1) is 24.9 Å². The van der Waals surface area contributed by atoms with Gasteiger partial charge < -0.3 is 25.0 Å². The number of hydrogen-bond acceptors (Lipinski definition) is 7. The summed E-state index contributed by atoms with van der Waals surface area (Å²) in [6.45, 7) is 13.2. The molecule has 40 heavy (non-hydrogen) atoms. The first-order chi connectivity index (χ1) is 19.5. The second-order valence-corrected chi connectivity index (χ2v) is 11.7. The zero-order valence-electron chi connectivity index (χ0n) is 24.5. The fraction of sp³-hybridized carbons (Fsp3) is 0.645. The number of benzene rings is 1. The molecule has 9 nitrogen and oxygen atoms in total. The standard InChI is InChI=1S/C31H46N6O3/c1-4-25-21-40-19-16-37(25)30-27-11-15-36(26-12-17-39-18-13-26)20-28(27)34-29(35-30)23-7-9-24(10-8-23)33-31(38)32-14-5-6-22(2)3/h7-10,22,25-26H,4-6,11-21H2,1-3H3,(H2,32,33,38). The Morgan fingerprint density at radius 3 is 2.62 bits per heavy atom. The van der Waals surface area contributed by atoms with E-state index in [1.54, 1.807) is 0 Å². The molecule has 1 atom stereocenters. The molecule has 0 spiro atoms. The van der Waals surface area contributed by atoms with Crippen molar-refractivity contribution in [3.05, 3.63) is 35.5 Å². The fourth-order valence-electron chi connectivity index (χ4n) is 6.02. The van der Waals surface area contributed by atoms with Crippen LogP contribution in [-0.4, -0.2) is 79.0 Å². The van der Waals surface area contributed by atoms with Crippen molar-refractivity contribution in [1.29, 1.82) is 0 Å². The van der Waals surface area contributed by atoms with Crippen molar-refractivity contribution in [2.45, 2.75) is 77.9 Å². The summed E-state index contributed by atoms with van der Waals surface area (Å²) in [6, 6.07) is 8.59. The Morgan fingerprint density at radius 1 is 1.07 bits per heavy atom. The number of amides is 2. The highest BCUT2D eigenvalue weighted by molar-refractivity contribution is 5.89. The maximum atomic E-state index is 12.3. The highest BCUT2D eigenvalue weighted by Gasteiger charge is 2.32. The predicted octanol–water partition coefficient (Wildman–Crippen LogP) is 4.85. The molecule has 2 fully saturated rings. The van der Waals surface area contributed by atoms with E-state index in [1.807, 2.05) is 24.3 Å². The van der Waals surface area contributed by atoms with Crippen molar-refractivity contribution in [2.75, 3.05) is 56.3 Å². The molecule has 1 unspecified atom stereocenters. The molecule has 0 saturated carbocycles. The number of urea groups is 1. The maximum absolute atomic E-state index is 12.3. The number of fused-ring (bicyclic) bond motifs is 1. The Hall–Kier alpha value is -2.75. The molecular weight excluding hydrogens is 504 g/mol. The summed E-state index contributed by atoms with van der Waals surface area (Å²) in [5.41, 5.74) is 4.14. The summed E-state index contributed by atoms with van der Waals surface area (Å²) in [5, 5.41) is 5.90. The Kier molecular flexibility index (Phi) is 9.88. The van der Waals surface area contributed by atoms with Crippen LogP contribution in [0.4, 0.5) is 16.3 Å². The number of nitrogens with zero attached hydrogens (tertiary/aromatic N) is 4. The summed E-state index contributed by atoms with van der Waals surface area (Å²) >= 11 is 0. The summed E-state index contributed by atoms with van der Waals surface area (Å²) in [7, 11) is 0. The van der Waals surface area contributed by atoms with Crippen LogP contribution >= 0.6 is 0 Å². The van der Waals surface area contributed by atoms with Crippen molar-refractivity contribution in [2.24, 2.45) is 5.92 Å². The molecule has 0 aliphatic carbocycles. The molecule has 218 valence electrons. The third-order valence-corrected chi connectivity index (χ3v) is 8.40. The molecule has 9 heteroatoms. The number of anilines is 2. The van der Waals surface area contributed by atoms with E-state index in [9.17, 15) is 4.79 Å². The number of carbonyl (C=O) groups excluding carboxylic acids is 1. The third-order valence-electron chi connectivity index (χ3n) is 8.40. The number of aromatic nitrogens is 2. The minimum atomic E-state index is -0.171. The van der Waals surface area contributed by atoms with Crippen molar-refractivity contribution in [3.63, 3.8) is 0 Å². The zero-order valence-corrected chi connectivity index (χ0v) is 24.5. The van der Waals surface area contributed by atoms with E-state index in [-0.39, 0.29) is 6.03 Å². The zero-order chi connectivity index (χ0) is 27.9. The van der Waals surface area contributed by atoms with Gasteiger partial charge in [-0.1, -0.05) is 20.8 Å². The van der Waals surface area contributed by atoms with Crippen LogP contribution in [0.5, 0.6) is 0 Å². The largest absolute Gasteiger partial charge is 0.381 e. The average molecular weight is 551 g/mol. The van der Waals surface area contributed by atoms with E-state index in [0.29, 0.717) is 24.5 Å². The molecule has 2 N–H and O–H groups in total. The van der Waals surface area contributed by atoms with E-state index < -0.39 is 0 Å². The lowest BCUT2D eigenvalue weighted by Gasteiger charge is -2.41. The van der Waals surface area contributed by atoms with Crippen LogP contribution in [0, 0.1) is 5.92 Å². The van der Waals surface area contributed by atoms with Crippen molar-refractivity contribution in [1.82, 2.24) is 20.2 Å². The number of ether oxygens (including phenoxy) is 2.